The molecule has 1 aromatic heterocycles. The Morgan fingerprint density at radius 1 is 1.20 bits per heavy atom. The Hall–Kier alpha value is 0.800. The molecule has 0 fully saturated rings. The van der Waals surface area contributed by atoms with E-state index in [9.17, 15) is 4.79 Å². The monoisotopic (exact) mass is 688 g/mol. The van der Waals surface area contributed by atoms with E-state index in [-0.39, 0.29) is 11.1 Å². The van der Waals surface area contributed by atoms with E-state index in [1.54, 1.807) is 12.3 Å². The fourth-order valence-corrected chi connectivity index (χ4v) is 5.80. The summed E-state index contributed by atoms with van der Waals surface area (Å²) in [7, 11) is 0. The van der Waals surface area contributed by atoms with Crippen molar-refractivity contribution in [3.05, 3.63) is 50.3 Å². The second-order valence-corrected chi connectivity index (χ2v) is 8.53. The molecule has 3 nitrogen and oxygen atoms in total. The lowest BCUT2D eigenvalue weighted by molar-refractivity contribution is 0.102. The van der Waals surface area contributed by atoms with Crippen LogP contribution in [0.5, 0.6) is 0 Å². The van der Waals surface area contributed by atoms with Gasteiger partial charge in [0.2, 0.25) is 0 Å². The molecular formula is C12H5BrClI3N2O. The maximum atomic E-state index is 12.3. The van der Waals surface area contributed by atoms with E-state index in [4.69, 9.17) is 11.6 Å². The molecule has 20 heavy (non-hydrogen) atoms. The molecule has 104 valence electrons. The van der Waals surface area contributed by atoms with Gasteiger partial charge in [0.15, 0.2) is 0 Å². The molecule has 0 bridgehead atoms. The van der Waals surface area contributed by atoms with Crippen LogP contribution >= 0.6 is 95.3 Å². The SMILES string of the molecule is O=C(Nc1c(I)cc(I)cc1I)c1cc(Br)cnc1Cl. The number of benzene rings is 1. The summed E-state index contributed by atoms with van der Waals surface area (Å²) in [6, 6.07) is 5.65. The van der Waals surface area contributed by atoms with Gasteiger partial charge in [-0.05, 0) is 102 Å². The fraction of sp³-hybridized carbons (Fsp3) is 0. The van der Waals surface area contributed by atoms with E-state index in [0.29, 0.717) is 10.0 Å². The first-order chi connectivity index (χ1) is 9.38. The van der Waals surface area contributed by atoms with Gasteiger partial charge in [0.25, 0.3) is 5.91 Å². The minimum absolute atomic E-state index is 0.182. The van der Waals surface area contributed by atoms with E-state index in [1.165, 1.54) is 0 Å². The molecule has 2 rings (SSSR count). The molecule has 0 radical (unpaired) electrons. The molecule has 0 spiro atoms. The molecule has 2 aromatic rings. The Morgan fingerprint density at radius 3 is 2.40 bits per heavy atom. The van der Waals surface area contributed by atoms with Crippen LogP contribution < -0.4 is 5.32 Å². The van der Waals surface area contributed by atoms with Crippen LogP contribution in [0.15, 0.2) is 28.9 Å². The summed E-state index contributed by atoms with van der Waals surface area (Å²) >= 11 is 15.9. The van der Waals surface area contributed by atoms with Crippen LogP contribution in [-0.4, -0.2) is 10.9 Å². The highest BCUT2D eigenvalue weighted by atomic mass is 127. The maximum Gasteiger partial charge on any atom is 0.258 e. The van der Waals surface area contributed by atoms with Crippen molar-refractivity contribution in [2.75, 3.05) is 5.32 Å². The van der Waals surface area contributed by atoms with Crippen molar-refractivity contribution in [2.24, 2.45) is 0 Å². The smallest absolute Gasteiger partial charge is 0.258 e. The number of pyridine rings is 1. The largest absolute Gasteiger partial charge is 0.320 e. The summed E-state index contributed by atoms with van der Waals surface area (Å²) in [5.74, 6) is -0.277. The number of anilines is 1. The fourth-order valence-electron chi connectivity index (χ4n) is 1.42. The summed E-state index contributed by atoms with van der Waals surface area (Å²) in [4.78, 5) is 16.3. The predicted molar refractivity (Wildman–Crippen MR) is 109 cm³/mol. The molecule has 1 aromatic carbocycles. The van der Waals surface area contributed by atoms with Crippen LogP contribution in [0, 0.1) is 10.7 Å². The summed E-state index contributed by atoms with van der Waals surface area (Å²) in [5, 5.41) is 3.07. The summed E-state index contributed by atoms with van der Waals surface area (Å²) in [6.45, 7) is 0. The second-order valence-electron chi connectivity index (χ2n) is 3.69. The third-order valence-electron chi connectivity index (χ3n) is 2.30. The Kier molecular flexibility index (Phi) is 6.33. The number of halogens is 5. The zero-order valence-corrected chi connectivity index (χ0v) is 18.4. The molecule has 0 saturated carbocycles. The lowest BCUT2D eigenvalue weighted by Gasteiger charge is -2.11. The van der Waals surface area contributed by atoms with Gasteiger partial charge >= 0.3 is 0 Å². The Morgan fingerprint density at radius 2 is 1.80 bits per heavy atom. The maximum absolute atomic E-state index is 12.3. The number of hydrogen-bond donors (Lipinski definition) is 1. The number of carbonyl (C=O) groups is 1. The topological polar surface area (TPSA) is 42.0 Å². The Balaban J connectivity index is 2.35. The molecule has 0 unspecified atom stereocenters. The van der Waals surface area contributed by atoms with Crippen molar-refractivity contribution in [1.82, 2.24) is 4.98 Å². The van der Waals surface area contributed by atoms with Crippen LogP contribution in [0.25, 0.3) is 0 Å². The van der Waals surface area contributed by atoms with Crippen LogP contribution in [0.2, 0.25) is 5.15 Å². The summed E-state index contributed by atoms with van der Waals surface area (Å²) < 4.78 is 3.79. The van der Waals surface area contributed by atoms with E-state index >= 15 is 0 Å². The van der Waals surface area contributed by atoms with Gasteiger partial charge in [-0.1, -0.05) is 11.6 Å². The van der Waals surface area contributed by atoms with Crippen molar-refractivity contribution >= 4 is 107 Å². The highest BCUT2D eigenvalue weighted by Crippen LogP contribution is 2.28. The third-order valence-corrected chi connectivity index (χ3v) is 5.35. The Bertz CT molecular complexity index is 673. The lowest BCUT2D eigenvalue weighted by Crippen LogP contribution is -2.15. The van der Waals surface area contributed by atoms with Gasteiger partial charge in [0.05, 0.1) is 11.3 Å². The standard InChI is InChI=1S/C12H5BrClI3N2O/c13-5-1-7(11(14)18-4-5)12(20)19-10-8(16)2-6(15)3-9(10)17/h1-4H,(H,19,20). The van der Waals surface area contributed by atoms with Crippen LogP contribution in [0.1, 0.15) is 10.4 Å². The predicted octanol–water partition coefficient (Wildman–Crippen LogP) is 5.56. The van der Waals surface area contributed by atoms with Crippen LogP contribution in [0.4, 0.5) is 5.69 Å². The van der Waals surface area contributed by atoms with Gasteiger partial charge in [-0.3, -0.25) is 4.79 Å². The average Bonchev–Trinajstić information content (AvgIpc) is 2.36. The number of carbonyl (C=O) groups excluding carboxylic acids is 1. The number of amides is 1. The quantitative estimate of drug-likeness (QED) is 0.332. The highest BCUT2D eigenvalue weighted by molar-refractivity contribution is 14.1. The van der Waals surface area contributed by atoms with Gasteiger partial charge in [0, 0.05) is 21.4 Å². The average molecular weight is 689 g/mol. The Labute approximate surface area is 170 Å². The molecule has 0 aliphatic heterocycles. The van der Waals surface area contributed by atoms with Crippen molar-refractivity contribution in [2.45, 2.75) is 0 Å². The lowest BCUT2D eigenvalue weighted by atomic mass is 10.2. The van der Waals surface area contributed by atoms with Crippen LogP contribution in [-0.2, 0) is 0 Å². The summed E-state index contributed by atoms with van der Waals surface area (Å²) in [6.07, 6.45) is 1.55. The molecule has 0 aliphatic carbocycles. The molecule has 0 aliphatic rings. The van der Waals surface area contributed by atoms with Gasteiger partial charge in [-0.25, -0.2) is 4.98 Å². The number of hydrogen-bond acceptors (Lipinski definition) is 2. The number of aromatic nitrogens is 1. The molecule has 1 heterocycles. The van der Waals surface area contributed by atoms with Gasteiger partial charge < -0.3 is 5.32 Å². The zero-order valence-electron chi connectivity index (χ0n) is 9.55. The number of nitrogens with one attached hydrogen (secondary N) is 1. The second kappa shape index (κ2) is 7.38. The molecule has 8 heteroatoms. The minimum Gasteiger partial charge on any atom is -0.320 e. The molecular weight excluding hydrogens is 684 g/mol. The van der Waals surface area contributed by atoms with E-state index in [0.717, 1.165) is 16.4 Å². The normalized spacial score (nSPS) is 10.4. The third kappa shape index (κ3) is 4.17. The van der Waals surface area contributed by atoms with Crippen molar-refractivity contribution in [3.8, 4) is 0 Å². The van der Waals surface area contributed by atoms with Crippen molar-refractivity contribution < 1.29 is 4.79 Å². The van der Waals surface area contributed by atoms with Gasteiger partial charge in [-0.2, -0.15) is 0 Å². The molecule has 1 amide bonds. The molecule has 1 N–H and O–H groups in total. The first-order valence-electron chi connectivity index (χ1n) is 5.15. The van der Waals surface area contributed by atoms with E-state index in [1.807, 2.05) is 12.1 Å². The number of rotatable bonds is 2. The first kappa shape index (κ1) is 17.2. The summed E-state index contributed by atoms with van der Waals surface area (Å²) in [5.41, 5.74) is 1.12. The van der Waals surface area contributed by atoms with Gasteiger partial charge in [-0.15, -0.1) is 0 Å². The van der Waals surface area contributed by atoms with E-state index < -0.39 is 0 Å². The molecule has 0 saturated heterocycles. The highest BCUT2D eigenvalue weighted by Gasteiger charge is 2.15. The van der Waals surface area contributed by atoms with Crippen molar-refractivity contribution in [3.63, 3.8) is 0 Å². The van der Waals surface area contributed by atoms with E-state index in [2.05, 4.69) is 94.0 Å². The van der Waals surface area contributed by atoms with Crippen molar-refractivity contribution in [1.29, 1.82) is 0 Å². The van der Waals surface area contributed by atoms with Gasteiger partial charge in [0.1, 0.15) is 5.15 Å². The van der Waals surface area contributed by atoms with Crippen LogP contribution in [0.3, 0.4) is 0 Å². The zero-order chi connectivity index (χ0) is 14.9. The minimum atomic E-state index is -0.277. The molecule has 0 atom stereocenters. The first-order valence-corrected chi connectivity index (χ1v) is 9.56. The number of nitrogens with zero attached hydrogens (tertiary/aromatic N) is 1.